The fraction of sp³-hybridized carbons (Fsp3) is 0.231. The minimum atomic E-state index is -0.721. The molecule has 0 fully saturated rings. The van der Waals surface area contributed by atoms with E-state index >= 15 is 0 Å². The first-order chi connectivity index (χ1) is 16.3. The molecule has 0 aliphatic carbocycles. The van der Waals surface area contributed by atoms with Crippen LogP contribution in [-0.4, -0.2) is 23.1 Å². The van der Waals surface area contributed by atoms with Gasteiger partial charge < -0.3 is 9.47 Å². The number of aromatic nitrogens is 1. The van der Waals surface area contributed by atoms with Crippen LogP contribution in [0.2, 0.25) is 0 Å². The maximum atomic E-state index is 13.6. The second-order valence-corrected chi connectivity index (χ2v) is 8.88. The van der Waals surface area contributed by atoms with Gasteiger partial charge in [0.15, 0.2) is 4.80 Å². The number of thiazole rings is 1. The highest BCUT2D eigenvalue weighted by atomic mass is 32.1. The van der Waals surface area contributed by atoms with Gasteiger partial charge in [-0.3, -0.25) is 14.2 Å². The average Bonchev–Trinajstić information content (AvgIpc) is 3.09. The fourth-order valence-corrected chi connectivity index (χ4v) is 4.85. The molecule has 1 aromatic heterocycles. The number of ether oxygens (including phenoxy) is 2. The van der Waals surface area contributed by atoms with Gasteiger partial charge in [0.25, 0.3) is 5.56 Å². The Kier molecular flexibility index (Phi) is 6.61. The Morgan fingerprint density at radius 1 is 1.09 bits per heavy atom. The van der Waals surface area contributed by atoms with Crippen molar-refractivity contribution < 1.29 is 19.1 Å². The van der Waals surface area contributed by atoms with Crippen molar-refractivity contribution in [1.82, 2.24) is 4.57 Å². The summed E-state index contributed by atoms with van der Waals surface area (Å²) in [5.74, 6) is -0.577. The highest BCUT2D eigenvalue weighted by Crippen LogP contribution is 2.31. The van der Waals surface area contributed by atoms with E-state index < -0.39 is 18.0 Å². The molecule has 8 heteroatoms. The minimum Gasteiger partial charge on any atom is -0.463 e. The SMILES string of the molecule is CCOC(=O)C1=C(C)N=c2s/c(=C/c3ccc(C)cc3)c(=O)n2[C@@H]1c1ccc(OC(C)=O)cc1. The Hall–Kier alpha value is -3.78. The van der Waals surface area contributed by atoms with Crippen molar-refractivity contribution in [2.75, 3.05) is 6.61 Å². The van der Waals surface area contributed by atoms with Crippen molar-refractivity contribution in [3.63, 3.8) is 0 Å². The zero-order valence-electron chi connectivity index (χ0n) is 19.3. The number of esters is 2. The van der Waals surface area contributed by atoms with Crippen LogP contribution in [0.1, 0.15) is 43.5 Å². The van der Waals surface area contributed by atoms with Crippen LogP contribution in [0, 0.1) is 6.92 Å². The normalized spacial score (nSPS) is 15.5. The Balaban J connectivity index is 1.89. The van der Waals surface area contributed by atoms with Gasteiger partial charge in [-0.15, -0.1) is 0 Å². The van der Waals surface area contributed by atoms with E-state index in [0.717, 1.165) is 11.1 Å². The smallest absolute Gasteiger partial charge is 0.338 e. The third-order valence-electron chi connectivity index (χ3n) is 5.35. The van der Waals surface area contributed by atoms with Crippen LogP contribution in [0.25, 0.3) is 6.08 Å². The van der Waals surface area contributed by atoms with Gasteiger partial charge >= 0.3 is 11.9 Å². The summed E-state index contributed by atoms with van der Waals surface area (Å²) in [5, 5.41) is 0. The van der Waals surface area contributed by atoms with Gasteiger partial charge in [-0.25, -0.2) is 9.79 Å². The van der Waals surface area contributed by atoms with E-state index in [1.54, 1.807) is 38.1 Å². The van der Waals surface area contributed by atoms with Crippen molar-refractivity contribution in [3.05, 3.63) is 96.2 Å². The first kappa shape index (κ1) is 23.4. The van der Waals surface area contributed by atoms with Gasteiger partial charge in [0.1, 0.15) is 5.75 Å². The predicted molar refractivity (Wildman–Crippen MR) is 129 cm³/mol. The largest absolute Gasteiger partial charge is 0.463 e. The highest BCUT2D eigenvalue weighted by Gasteiger charge is 2.33. The molecule has 0 spiro atoms. The predicted octanol–water partition coefficient (Wildman–Crippen LogP) is 3.03. The zero-order valence-corrected chi connectivity index (χ0v) is 20.1. The maximum absolute atomic E-state index is 13.6. The molecule has 34 heavy (non-hydrogen) atoms. The van der Waals surface area contributed by atoms with Gasteiger partial charge in [-0.2, -0.15) is 0 Å². The standard InChI is InChI=1S/C26H24N2O5S/c1-5-32-25(31)22-16(3)27-26-28(23(22)19-10-12-20(13-11-19)33-17(4)29)24(30)21(34-26)14-18-8-6-15(2)7-9-18/h6-14,23H,5H2,1-4H3/b21-14+/t23-/m1/s1. The quantitative estimate of drug-likeness (QED) is 0.417. The summed E-state index contributed by atoms with van der Waals surface area (Å²) < 4.78 is 12.5. The van der Waals surface area contributed by atoms with Crippen molar-refractivity contribution in [3.8, 4) is 5.75 Å². The maximum Gasteiger partial charge on any atom is 0.338 e. The lowest BCUT2D eigenvalue weighted by atomic mass is 9.96. The lowest BCUT2D eigenvalue weighted by molar-refractivity contribution is -0.139. The summed E-state index contributed by atoms with van der Waals surface area (Å²) in [5.41, 5.74) is 3.26. The number of carbonyl (C=O) groups excluding carboxylic acids is 2. The molecule has 0 N–H and O–H groups in total. The molecule has 1 aliphatic rings. The Labute approximate surface area is 200 Å². The topological polar surface area (TPSA) is 87.0 Å². The Bertz CT molecular complexity index is 1460. The van der Waals surface area contributed by atoms with E-state index in [-0.39, 0.29) is 12.2 Å². The lowest BCUT2D eigenvalue weighted by Gasteiger charge is -2.24. The molecule has 0 bridgehead atoms. The summed E-state index contributed by atoms with van der Waals surface area (Å²) in [6.07, 6.45) is 1.83. The van der Waals surface area contributed by atoms with Gasteiger partial charge in [0, 0.05) is 6.92 Å². The van der Waals surface area contributed by atoms with Crippen molar-refractivity contribution in [2.24, 2.45) is 4.99 Å². The molecule has 1 atom stereocenters. The number of hydrogen-bond donors (Lipinski definition) is 0. The molecule has 0 saturated heterocycles. The van der Waals surface area contributed by atoms with E-state index in [9.17, 15) is 14.4 Å². The molecule has 4 rings (SSSR count). The second kappa shape index (κ2) is 9.61. The van der Waals surface area contributed by atoms with E-state index in [1.807, 2.05) is 37.3 Å². The number of aryl methyl sites for hydroxylation is 1. The molecule has 174 valence electrons. The summed E-state index contributed by atoms with van der Waals surface area (Å²) >= 11 is 1.27. The van der Waals surface area contributed by atoms with Gasteiger partial charge in [-0.05, 0) is 50.1 Å². The molecule has 0 unspecified atom stereocenters. The summed E-state index contributed by atoms with van der Waals surface area (Å²) in [6, 6.07) is 13.9. The second-order valence-electron chi connectivity index (χ2n) is 7.88. The monoisotopic (exact) mass is 476 g/mol. The summed E-state index contributed by atoms with van der Waals surface area (Å²) in [6.45, 7) is 7.00. The lowest BCUT2D eigenvalue weighted by Crippen LogP contribution is -2.39. The molecule has 2 aromatic carbocycles. The molecule has 0 saturated carbocycles. The highest BCUT2D eigenvalue weighted by molar-refractivity contribution is 7.07. The first-order valence-corrected chi connectivity index (χ1v) is 11.6. The Morgan fingerprint density at radius 2 is 1.76 bits per heavy atom. The molecule has 3 aromatic rings. The van der Waals surface area contributed by atoms with Crippen LogP contribution in [0.5, 0.6) is 5.75 Å². The van der Waals surface area contributed by atoms with Crippen LogP contribution in [0.15, 0.2) is 69.6 Å². The van der Waals surface area contributed by atoms with Crippen LogP contribution in [0.3, 0.4) is 0 Å². The van der Waals surface area contributed by atoms with E-state index in [2.05, 4.69) is 4.99 Å². The number of fused-ring (bicyclic) bond motifs is 1. The minimum absolute atomic E-state index is 0.200. The van der Waals surface area contributed by atoms with E-state index in [4.69, 9.17) is 9.47 Å². The van der Waals surface area contributed by atoms with Gasteiger partial charge in [0.2, 0.25) is 0 Å². The van der Waals surface area contributed by atoms with Crippen LogP contribution in [0.4, 0.5) is 0 Å². The zero-order chi connectivity index (χ0) is 24.4. The molecular formula is C26H24N2O5S. The Morgan fingerprint density at radius 3 is 2.38 bits per heavy atom. The number of carbonyl (C=O) groups is 2. The van der Waals surface area contributed by atoms with Crippen molar-refractivity contribution in [2.45, 2.75) is 33.7 Å². The van der Waals surface area contributed by atoms with Crippen molar-refractivity contribution in [1.29, 1.82) is 0 Å². The number of allylic oxidation sites excluding steroid dienone is 1. The number of rotatable bonds is 5. The average molecular weight is 477 g/mol. The molecule has 2 heterocycles. The van der Waals surface area contributed by atoms with Crippen LogP contribution in [-0.2, 0) is 14.3 Å². The van der Waals surface area contributed by atoms with E-state index in [1.165, 1.54) is 22.8 Å². The van der Waals surface area contributed by atoms with Crippen LogP contribution >= 0.6 is 11.3 Å². The molecule has 7 nitrogen and oxygen atoms in total. The molecular weight excluding hydrogens is 452 g/mol. The molecule has 0 amide bonds. The fourth-order valence-electron chi connectivity index (χ4n) is 3.81. The van der Waals surface area contributed by atoms with Crippen LogP contribution < -0.4 is 19.6 Å². The van der Waals surface area contributed by atoms with Gasteiger partial charge in [0.05, 0.1) is 28.5 Å². The number of benzene rings is 2. The third kappa shape index (κ3) is 4.63. The molecule has 1 aliphatic heterocycles. The third-order valence-corrected chi connectivity index (χ3v) is 6.33. The summed E-state index contributed by atoms with van der Waals surface area (Å²) in [7, 11) is 0. The van der Waals surface area contributed by atoms with Crippen molar-refractivity contribution >= 4 is 29.4 Å². The number of nitrogens with zero attached hydrogens (tertiary/aromatic N) is 2. The summed E-state index contributed by atoms with van der Waals surface area (Å²) in [4.78, 5) is 42.8. The molecule has 0 radical (unpaired) electrons. The first-order valence-electron chi connectivity index (χ1n) is 10.8. The van der Waals surface area contributed by atoms with E-state index in [0.29, 0.717) is 31.9 Å². The van der Waals surface area contributed by atoms with Gasteiger partial charge in [-0.1, -0.05) is 53.3 Å². The number of hydrogen-bond acceptors (Lipinski definition) is 7.